The Morgan fingerprint density at radius 3 is 2.76 bits per heavy atom. The highest BCUT2D eigenvalue weighted by molar-refractivity contribution is 5.95. The highest BCUT2D eigenvalue weighted by atomic mass is 16.5. The molecule has 1 saturated heterocycles. The van der Waals surface area contributed by atoms with Crippen LogP contribution in [-0.2, 0) is 9.53 Å². The standard InChI is InChI=1S/C14H19N3O4/c1-9-4-5-10(11(18)16-9)12(19)17-6-7-21-14(2,8-17)13(20)15-3/h4-5H,6-8H2,1-3H3,(H,15,20)(H,16,18). The van der Waals surface area contributed by atoms with E-state index in [0.29, 0.717) is 12.2 Å². The Balaban J connectivity index is 2.23. The number of nitrogens with zero attached hydrogens (tertiary/aromatic N) is 1. The maximum atomic E-state index is 12.4. The Morgan fingerprint density at radius 2 is 2.14 bits per heavy atom. The molecule has 21 heavy (non-hydrogen) atoms. The van der Waals surface area contributed by atoms with E-state index in [9.17, 15) is 14.4 Å². The van der Waals surface area contributed by atoms with Gasteiger partial charge in [0.2, 0.25) is 0 Å². The molecule has 0 aliphatic carbocycles. The lowest BCUT2D eigenvalue weighted by atomic mass is 10.0. The Bertz CT molecular complexity index is 625. The zero-order chi connectivity index (χ0) is 15.6. The average Bonchev–Trinajstić information content (AvgIpc) is 2.45. The highest BCUT2D eigenvalue weighted by Crippen LogP contribution is 2.19. The minimum atomic E-state index is -1.10. The first-order valence-corrected chi connectivity index (χ1v) is 6.73. The van der Waals surface area contributed by atoms with Crippen LogP contribution in [0.5, 0.6) is 0 Å². The minimum absolute atomic E-state index is 0.0711. The third-order valence-corrected chi connectivity index (χ3v) is 3.55. The number of nitrogens with one attached hydrogen (secondary N) is 2. The molecule has 0 spiro atoms. The third-order valence-electron chi connectivity index (χ3n) is 3.55. The number of aryl methyl sites for hydroxylation is 1. The summed E-state index contributed by atoms with van der Waals surface area (Å²) in [7, 11) is 1.52. The van der Waals surface area contributed by atoms with Crippen LogP contribution in [0.1, 0.15) is 23.0 Å². The van der Waals surface area contributed by atoms with Crippen molar-refractivity contribution in [1.82, 2.24) is 15.2 Å². The van der Waals surface area contributed by atoms with Crippen molar-refractivity contribution < 1.29 is 14.3 Å². The smallest absolute Gasteiger partial charge is 0.260 e. The largest absolute Gasteiger partial charge is 0.362 e. The molecule has 114 valence electrons. The lowest BCUT2D eigenvalue weighted by Gasteiger charge is -2.38. The number of morpholine rings is 1. The molecule has 1 aliphatic rings. The minimum Gasteiger partial charge on any atom is -0.362 e. The number of hydrogen-bond donors (Lipinski definition) is 2. The quantitative estimate of drug-likeness (QED) is 0.780. The Kier molecular flexibility index (Phi) is 4.13. The van der Waals surface area contributed by atoms with Crippen LogP contribution in [0.25, 0.3) is 0 Å². The number of hydrogen-bond acceptors (Lipinski definition) is 4. The molecule has 1 atom stereocenters. The van der Waals surface area contributed by atoms with Gasteiger partial charge in [0.1, 0.15) is 5.56 Å². The number of rotatable bonds is 2. The summed E-state index contributed by atoms with van der Waals surface area (Å²) >= 11 is 0. The maximum absolute atomic E-state index is 12.4. The number of pyridine rings is 1. The van der Waals surface area contributed by atoms with Gasteiger partial charge >= 0.3 is 0 Å². The SMILES string of the molecule is CNC(=O)C1(C)CN(C(=O)c2ccc(C)[nH]c2=O)CCO1. The lowest BCUT2D eigenvalue weighted by Crippen LogP contribution is -2.59. The molecule has 0 radical (unpaired) electrons. The molecule has 1 aromatic heterocycles. The van der Waals surface area contributed by atoms with Crippen LogP contribution in [-0.4, -0.2) is 54.0 Å². The zero-order valence-electron chi connectivity index (χ0n) is 12.4. The molecule has 0 bridgehead atoms. The summed E-state index contributed by atoms with van der Waals surface area (Å²) in [6, 6.07) is 3.18. The zero-order valence-corrected chi connectivity index (χ0v) is 12.4. The van der Waals surface area contributed by atoms with Crippen molar-refractivity contribution in [3.63, 3.8) is 0 Å². The average molecular weight is 293 g/mol. The molecule has 7 heteroatoms. The van der Waals surface area contributed by atoms with E-state index in [1.54, 1.807) is 19.9 Å². The Labute approximate surface area is 122 Å². The van der Waals surface area contributed by atoms with Crippen molar-refractivity contribution in [1.29, 1.82) is 0 Å². The van der Waals surface area contributed by atoms with Gasteiger partial charge in [-0.1, -0.05) is 0 Å². The summed E-state index contributed by atoms with van der Waals surface area (Å²) in [6.45, 7) is 4.08. The first-order valence-electron chi connectivity index (χ1n) is 6.73. The van der Waals surface area contributed by atoms with Crippen molar-refractivity contribution in [3.8, 4) is 0 Å². The second kappa shape index (κ2) is 5.69. The Morgan fingerprint density at radius 1 is 1.43 bits per heavy atom. The van der Waals surface area contributed by atoms with E-state index >= 15 is 0 Å². The molecule has 7 nitrogen and oxygen atoms in total. The van der Waals surface area contributed by atoms with Crippen LogP contribution in [0.4, 0.5) is 0 Å². The molecule has 0 saturated carbocycles. The summed E-state index contributed by atoms with van der Waals surface area (Å²) in [6.07, 6.45) is 0. The number of carbonyl (C=O) groups is 2. The van der Waals surface area contributed by atoms with Gasteiger partial charge in [-0.2, -0.15) is 0 Å². The summed E-state index contributed by atoms with van der Waals surface area (Å²) in [5, 5.41) is 2.52. The van der Waals surface area contributed by atoms with Crippen LogP contribution in [0.3, 0.4) is 0 Å². The summed E-state index contributed by atoms with van der Waals surface area (Å²) in [5.74, 6) is -0.688. The van der Waals surface area contributed by atoms with Crippen LogP contribution >= 0.6 is 0 Å². The molecule has 1 aromatic rings. The predicted octanol–water partition coefficient (Wildman–Crippen LogP) is -0.340. The monoisotopic (exact) mass is 293 g/mol. The fraction of sp³-hybridized carbons (Fsp3) is 0.500. The normalized spacial score (nSPS) is 22.0. The van der Waals surface area contributed by atoms with Crippen molar-refractivity contribution in [2.75, 3.05) is 26.7 Å². The highest BCUT2D eigenvalue weighted by Gasteiger charge is 2.40. The summed E-state index contributed by atoms with van der Waals surface area (Å²) in [5.41, 5.74) is -0.760. The van der Waals surface area contributed by atoms with E-state index in [1.165, 1.54) is 18.0 Å². The molecule has 1 aliphatic heterocycles. The second-order valence-electron chi connectivity index (χ2n) is 5.27. The number of H-pyrrole nitrogens is 1. The number of likely N-dealkylation sites (N-methyl/N-ethyl adjacent to an activating group) is 1. The molecule has 2 rings (SSSR count). The first kappa shape index (κ1) is 15.2. The van der Waals surface area contributed by atoms with Crippen molar-refractivity contribution in [2.45, 2.75) is 19.4 Å². The molecule has 1 fully saturated rings. The number of aromatic nitrogens is 1. The Hall–Kier alpha value is -2.15. The molecule has 0 aromatic carbocycles. The molecular weight excluding hydrogens is 274 g/mol. The van der Waals surface area contributed by atoms with Gasteiger partial charge in [0.05, 0.1) is 13.2 Å². The van der Waals surface area contributed by atoms with Gasteiger partial charge in [-0.25, -0.2) is 0 Å². The van der Waals surface area contributed by atoms with E-state index < -0.39 is 17.1 Å². The van der Waals surface area contributed by atoms with Gasteiger partial charge in [0.25, 0.3) is 17.4 Å². The second-order valence-corrected chi connectivity index (χ2v) is 5.27. The molecule has 2 N–H and O–H groups in total. The van der Waals surface area contributed by atoms with Crippen molar-refractivity contribution in [2.24, 2.45) is 0 Å². The van der Waals surface area contributed by atoms with E-state index in [2.05, 4.69) is 10.3 Å². The molecule has 2 heterocycles. The van der Waals surface area contributed by atoms with E-state index in [0.717, 1.165) is 0 Å². The van der Waals surface area contributed by atoms with Gasteiger partial charge in [-0.05, 0) is 26.0 Å². The lowest BCUT2D eigenvalue weighted by molar-refractivity contribution is -0.153. The van der Waals surface area contributed by atoms with Crippen molar-refractivity contribution >= 4 is 11.8 Å². The van der Waals surface area contributed by atoms with Crippen LogP contribution in [0, 0.1) is 6.92 Å². The first-order chi connectivity index (χ1) is 9.87. The fourth-order valence-corrected chi connectivity index (χ4v) is 2.36. The van der Waals surface area contributed by atoms with Gasteiger partial charge < -0.3 is 19.9 Å². The van der Waals surface area contributed by atoms with Gasteiger partial charge in [-0.3, -0.25) is 14.4 Å². The van der Waals surface area contributed by atoms with E-state index in [-0.39, 0.29) is 24.6 Å². The summed E-state index contributed by atoms with van der Waals surface area (Å²) in [4.78, 5) is 40.2. The molecule has 1 unspecified atom stereocenters. The molecule has 2 amide bonds. The molecular formula is C14H19N3O4. The van der Waals surface area contributed by atoms with Gasteiger partial charge in [0.15, 0.2) is 5.60 Å². The predicted molar refractivity (Wildman–Crippen MR) is 76.1 cm³/mol. The number of ether oxygens (including phenoxy) is 1. The fourth-order valence-electron chi connectivity index (χ4n) is 2.36. The maximum Gasteiger partial charge on any atom is 0.260 e. The van der Waals surface area contributed by atoms with Gasteiger partial charge in [0, 0.05) is 19.3 Å². The number of carbonyl (C=O) groups excluding carboxylic acids is 2. The van der Waals surface area contributed by atoms with Crippen LogP contribution in [0.15, 0.2) is 16.9 Å². The summed E-state index contributed by atoms with van der Waals surface area (Å²) < 4.78 is 5.49. The third kappa shape index (κ3) is 2.97. The number of aromatic amines is 1. The van der Waals surface area contributed by atoms with Crippen LogP contribution < -0.4 is 10.9 Å². The van der Waals surface area contributed by atoms with Crippen LogP contribution in [0.2, 0.25) is 0 Å². The number of amides is 2. The van der Waals surface area contributed by atoms with E-state index in [1.807, 2.05) is 0 Å². The van der Waals surface area contributed by atoms with Gasteiger partial charge in [-0.15, -0.1) is 0 Å². The topological polar surface area (TPSA) is 91.5 Å². The van der Waals surface area contributed by atoms with Crippen molar-refractivity contribution in [3.05, 3.63) is 33.7 Å². The van der Waals surface area contributed by atoms with E-state index in [4.69, 9.17) is 4.74 Å².